The predicted molar refractivity (Wildman–Crippen MR) is 74.0 cm³/mol. The zero-order chi connectivity index (χ0) is 13.5. The second kappa shape index (κ2) is 7.24. The van der Waals surface area contributed by atoms with E-state index in [1.54, 1.807) is 13.2 Å². The normalized spacial score (nSPS) is 12.7. The van der Waals surface area contributed by atoms with Gasteiger partial charge < -0.3 is 15.6 Å². The highest BCUT2D eigenvalue weighted by Gasteiger charge is 2.16. The molecule has 3 N–H and O–H groups in total. The smallest absolute Gasteiger partial charge is 0.160 e. The van der Waals surface area contributed by atoms with Crippen molar-refractivity contribution in [2.75, 3.05) is 27.2 Å². The lowest BCUT2D eigenvalue weighted by molar-refractivity contribution is 0.245. The number of methoxy groups -OCH3 is 1. The molecule has 0 aromatic heterocycles. The second-order valence-electron chi connectivity index (χ2n) is 4.52. The molecule has 4 nitrogen and oxygen atoms in total. The number of phenolic OH excluding ortho intramolecular Hbond substituents is 1. The van der Waals surface area contributed by atoms with Gasteiger partial charge in [-0.2, -0.15) is 0 Å². The van der Waals surface area contributed by atoms with Crippen LogP contribution in [-0.2, 0) is 0 Å². The van der Waals surface area contributed by atoms with Crippen molar-refractivity contribution >= 4 is 0 Å². The van der Waals surface area contributed by atoms with Crippen molar-refractivity contribution < 1.29 is 9.84 Å². The summed E-state index contributed by atoms with van der Waals surface area (Å²) in [6.45, 7) is 3.74. The highest BCUT2D eigenvalue weighted by molar-refractivity contribution is 5.42. The summed E-state index contributed by atoms with van der Waals surface area (Å²) in [4.78, 5) is 2.25. The average molecular weight is 252 g/mol. The monoisotopic (exact) mass is 252 g/mol. The molecule has 0 radical (unpaired) electrons. The number of nitrogens with zero attached hydrogens (tertiary/aromatic N) is 1. The fourth-order valence-electron chi connectivity index (χ4n) is 2.04. The van der Waals surface area contributed by atoms with Crippen LogP contribution < -0.4 is 10.5 Å². The minimum atomic E-state index is 0.158. The summed E-state index contributed by atoms with van der Waals surface area (Å²) in [6, 6.07) is 5.57. The molecule has 1 unspecified atom stereocenters. The van der Waals surface area contributed by atoms with Gasteiger partial charge in [0, 0.05) is 12.6 Å². The number of ether oxygens (including phenoxy) is 1. The Hall–Kier alpha value is -1.26. The van der Waals surface area contributed by atoms with Crippen molar-refractivity contribution in [1.29, 1.82) is 0 Å². The van der Waals surface area contributed by atoms with E-state index in [0.717, 1.165) is 18.5 Å². The van der Waals surface area contributed by atoms with Crippen molar-refractivity contribution in [1.82, 2.24) is 4.90 Å². The number of nitrogens with two attached hydrogens (primary N) is 1. The third kappa shape index (κ3) is 3.62. The summed E-state index contributed by atoms with van der Waals surface area (Å²) < 4.78 is 5.13. The molecule has 18 heavy (non-hydrogen) atoms. The molecule has 0 amide bonds. The van der Waals surface area contributed by atoms with E-state index >= 15 is 0 Å². The summed E-state index contributed by atoms with van der Waals surface area (Å²) in [5, 5.41) is 9.60. The number of likely N-dealkylation sites (N-methyl/N-ethyl adjacent to an activating group) is 1. The lowest BCUT2D eigenvalue weighted by Crippen LogP contribution is -2.31. The maximum atomic E-state index is 9.60. The molecule has 4 heteroatoms. The largest absolute Gasteiger partial charge is 0.504 e. The third-order valence-electron chi connectivity index (χ3n) is 3.21. The first-order chi connectivity index (χ1) is 8.63. The van der Waals surface area contributed by atoms with Gasteiger partial charge in [-0.25, -0.2) is 0 Å². The Labute approximate surface area is 109 Å². The van der Waals surface area contributed by atoms with Crippen molar-refractivity contribution in [2.45, 2.75) is 25.8 Å². The van der Waals surface area contributed by atoms with Gasteiger partial charge in [0.15, 0.2) is 11.5 Å². The van der Waals surface area contributed by atoms with E-state index in [2.05, 4.69) is 18.9 Å². The number of phenols is 1. The van der Waals surface area contributed by atoms with Crippen LogP contribution in [0.15, 0.2) is 18.2 Å². The molecule has 0 saturated heterocycles. The zero-order valence-electron chi connectivity index (χ0n) is 11.5. The Bertz CT molecular complexity index is 369. The lowest BCUT2D eigenvalue weighted by atomic mass is 10.0. The van der Waals surface area contributed by atoms with E-state index in [0.29, 0.717) is 12.3 Å². The van der Waals surface area contributed by atoms with Crippen LogP contribution in [0, 0.1) is 0 Å². The summed E-state index contributed by atoms with van der Waals surface area (Å²) in [7, 11) is 3.63. The number of rotatable bonds is 7. The predicted octanol–water partition coefficient (Wildman–Crippen LogP) is 2.13. The molecule has 0 heterocycles. The van der Waals surface area contributed by atoms with Gasteiger partial charge in [0.2, 0.25) is 0 Å². The van der Waals surface area contributed by atoms with Crippen molar-refractivity contribution in [2.24, 2.45) is 5.73 Å². The summed E-state index contributed by atoms with van der Waals surface area (Å²) in [6.07, 6.45) is 2.32. The van der Waals surface area contributed by atoms with Crippen molar-refractivity contribution in [3.8, 4) is 11.5 Å². The second-order valence-corrected chi connectivity index (χ2v) is 4.52. The summed E-state index contributed by atoms with van der Waals surface area (Å²) >= 11 is 0. The molecule has 0 aliphatic heterocycles. The van der Waals surface area contributed by atoms with Gasteiger partial charge in [-0.3, -0.25) is 4.90 Å². The van der Waals surface area contributed by atoms with Crippen LogP contribution in [0.25, 0.3) is 0 Å². The van der Waals surface area contributed by atoms with E-state index in [-0.39, 0.29) is 11.8 Å². The molecule has 0 bridgehead atoms. The van der Waals surface area contributed by atoms with Crippen LogP contribution in [0.5, 0.6) is 11.5 Å². The van der Waals surface area contributed by atoms with Crippen LogP contribution in [-0.4, -0.2) is 37.3 Å². The van der Waals surface area contributed by atoms with E-state index < -0.39 is 0 Å². The Balaban J connectivity index is 2.87. The fourth-order valence-corrected chi connectivity index (χ4v) is 2.04. The van der Waals surface area contributed by atoms with Crippen LogP contribution in [0.4, 0.5) is 0 Å². The molecular weight excluding hydrogens is 228 g/mol. The number of benzene rings is 1. The zero-order valence-corrected chi connectivity index (χ0v) is 11.5. The molecule has 1 atom stereocenters. The quantitative estimate of drug-likeness (QED) is 0.780. The van der Waals surface area contributed by atoms with Crippen LogP contribution in [0.3, 0.4) is 0 Å². The first-order valence-corrected chi connectivity index (χ1v) is 6.41. The van der Waals surface area contributed by atoms with Gasteiger partial charge in [0.05, 0.1) is 7.11 Å². The minimum Gasteiger partial charge on any atom is -0.504 e. The van der Waals surface area contributed by atoms with Crippen LogP contribution in [0.2, 0.25) is 0 Å². The number of hydrogen-bond donors (Lipinski definition) is 2. The summed E-state index contributed by atoms with van der Waals surface area (Å²) in [5.41, 5.74) is 6.94. The van der Waals surface area contributed by atoms with E-state index in [9.17, 15) is 5.11 Å². The molecular formula is C14H24N2O2. The van der Waals surface area contributed by atoms with Crippen LogP contribution in [0.1, 0.15) is 31.4 Å². The van der Waals surface area contributed by atoms with E-state index in [1.807, 2.05) is 12.1 Å². The van der Waals surface area contributed by atoms with Gasteiger partial charge >= 0.3 is 0 Å². The van der Waals surface area contributed by atoms with Gasteiger partial charge in [-0.15, -0.1) is 0 Å². The van der Waals surface area contributed by atoms with E-state index in [1.165, 1.54) is 6.42 Å². The van der Waals surface area contributed by atoms with Crippen molar-refractivity contribution in [3.05, 3.63) is 23.8 Å². The molecule has 0 fully saturated rings. The Morgan fingerprint density at radius 3 is 2.72 bits per heavy atom. The molecule has 1 aromatic rings. The standard InChI is InChI=1S/C14H24N2O2/c1-4-5-8-16(2)12(10-15)11-6-7-13(17)14(9-11)18-3/h6-7,9,12,17H,4-5,8,10,15H2,1-3H3. The fraction of sp³-hybridized carbons (Fsp3) is 0.571. The molecule has 1 aromatic carbocycles. The lowest BCUT2D eigenvalue weighted by Gasteiger charge is -2.27. The highest BCUT2D eigenvalue weighted by atomic mass is 16.5. The molecule has 1 rings (SSSR count). The van der Waals surface area contributed by atoms with E-state index in [4.69, 9.17) is 10.5 Å². The van der Waals surface area contributed by atoms with Gasteiger partial charge in [0.1, 0.15) is 0 Å². The maximum absolute atomic E-state index is 9.60. The maximum Gasteiger partial charge on any atom is 0.160 e. The van der Waals surface area contributed by atoms with Crippen molar-refractivity contribution in [3.63, 3.8) is 0 Å². The summed E-state index contributed by atoms with van der Waals surface area (Å²) in [5.74, 6) is 0.656. The average Bonchev–Trinajstić information content (AvgIpc) is 2.39. The number of aromatic hydroxyl groups is 1. The van der Waals surface area contributed by atoms with Gasteiger partial charge in [-0.1, -0.05) is 19.4 Å². The molecule has 0 saturated carbocycles. The molecule has 0 aliphatic carbocycles. The Kier molecular flexibility index (Phi) is 5.95. The van der Waals surface area contributed by atoms with Crippen LogP contribution >= 0.6 is 0 Å². The Morgan fingerprint density at radius 2 is 2.17 bits per heavy atom. The minimum absolute atomic E-state index is 0.158. The first-order valence-electron chi connectivity index (χ1n) is 6.41. The molecule has 102 valence electrons. The SMILES string of the molecule is CCCCN(C)C(CN)c1ccc(O)c(OC)c1. The highest BCUT2D eigenvalue weighted by Crippen LogP contribution is 2.30. The third-order valence-corrected chi connectivity index (χ3v) is 3.21. The number of unbranched alkanes of at least 4 members (excludes halogenated alkanes) is 1. The van der Waals surface area contributed by atoms with Gasteiger partial charge in [0.25, 0.3) is 0 Å². The topological polar surface area (TPSA) is 58.7 Å². The first kappa shape index (κ1) is 14.8. The van der Waals surface area contributed by atoms with Gasteiger partial charge in [-0.05, 0) is 37.7 Å². The number of hydrogen-bond acceptors (Lipinski definition) is 4. The molecule has 0 spiro atoms. The molecule has 0 aliphatic rings. The Morgan fingerprint density at radius 1 is 1.44 bits per heavy atom.